The zero-order valence-corrected chi connectivity index (χ0v) is 14.1. The van der Waals surface area contributed by atoms with Crippen molar-refractivity contribution in [2.75, 3.05) is 26.2 Å². The predicted octanol–water partition coefficient (Wildman–Crippen LogP) is 2.63. The zero-order chi connectivity index (χ0) is 15.9. The van der Waals surface area contributed by atoms with Crippen molar-refractivity contribution in [3.05, 3.63) is 46.5 Å². The van der Waals surface area contributed by atoms with Crippen LogP contribution in [0.25, 0.3) is 0 Å². The van der Waals surface area contributed by atoms with E-state index in [1.54, 1.807) is 17.6 Å². The quantitative estimate of drug-likeness (QED) is 0.604. The SMILES string of the molecule is NC(=NCC(c1ccco1)N1CCCC1)NCCc1cccs1. The minimum Gasteiger partial charge on any atom is -0.468 e. The lowest BCUT2D eigenvalue weighted by atomic mass is 10.2. The molecule has 124 valence electrons. The van der Waals surface area contributed by atoms with E-state index in [-0.39, 0.29) is 6.04 Å². The molecule has 1 fully saturated rings. The Labute approximate surface area is 141 Å². The van der Waals surface area contributed by atoms with E-state index in [2.05, 4.69) is 32.7 Å². The van der Waals surface area contributed by atoms with Gasteiger partial charge in [-0.25, -0.2) is 0 Å². The number of guanidine groups is 1. The second-order valence-corrected chi connectivity index (χ2v) is 6.79. The number of likely N-dealkylation sites (tertiary alicyclic amines) is 1. The van der Waals surface area contributed by atoms with Crippen LogP contribution in [0.3, 0.4) is 0 Å². The van der Waals surface area contributed by atoms with Crippen LogP contribution < -0.4 is 11.1 Å². The molecule has 1 saturated heterocycles. The summed E-state index contributed by atoms with van der Waals surface area (Å²) < 4.78 is 5.60. The van der Waals surface area contributed by atoms with Crippen molar-refractivity contribution < 1.29 is 4.42 Å². The van der Waals surface area contributed by atoms with Gasteiger partial charge >= 0.3 is 0 Å². The standard InChI is InChI=1S/C17H24N4OS/c18-17(19-8-7-14-5-4-12-23-14)20-13-15(16-6-3-11-22-16)21-9-1-2-10-21/h3-6,11-12,15H,1-2,7-10,13H2,(H3,18,19,20). The molecule has 0 spiro atoms. The van der Waals surface area contributed by atoms with Crippen LogP contribution in [0, 0.1) is 0 Å². The van der Waals surface area contributed by atoms with Gasteiger partial charge in [0.15, 0.2) is 5.96 Å². The molecule has 1 aliphatic rings. The average molecular weight is 332 g/mol. The molecule has 0 aliphatic carbocycles. The number of nitrogens with one attached hydrogen (secondary N) is 1. The first-order valence-corrected chi connectivity index (χ1v) is 9.04. The molecule has 1 aliphatic heterocycles. The lowest BCUT2D eigenvalue weighted by Gasteiger charge is -2.24. The Morgan fingerprint density at radius 1 is 1.35 bits per heavy atom. The number of hydrogen-bond acceptors (Lipinski definition) is 4. The first-order chi connectivity index (χ1) is 11.3. The molecule has 0 aromatic carbocycles. The number of aliphatic imine (C=N–C) groups is 1. The van der Waals surface area contributed by atoms with Gasteiger partial charge in [-0.15, -0.1) is 11.3 Å². The molecule has 3 rings (SSSR count). The Bertz CT molecular complexity index is 588. The number of furan rings is 1. The van der Waals surface area contributed by atoms with Crippen molar-refractivity contribution >= 4 is 17.3 Å². The van der Waals surface area contributed by atoms with Gasteiger partial charge in [-0.3, -0.25) is 9.89 Å². The first-order valence-electron chi connectivity index (χ1n) is 8.16. The monoisotopic (exact) mass is 332 g/mol. The van der Waals surface area contributed by atoms with E-state index in [4.69, 9.17) is 10.2 Å². The molecular formula is C17H24N4OS. The number of nitrogens with zero attached hydrogens (tertiary/aromatic N) is 2. The molecule has 0 saturated carbocycles. The van der Waals surface area contributed by atoms with Crippen LogP contribution in [0.5, 0.6) is 0 Å². The van der Waals surface area contributed by atoms with Crippen LogP contribution in [0.4, 0.5) is 0 Å². The fourth-order valence-corrected chi connectivity index (χ4v) is 3.64. The molecule has 6 heteroatoms. The lowest BCUT2D eigenvalue weighted by molar-refractivity contribution is 0.221. The van der Waals surface area contributed by atoms with Crippen LogP contribution in [0.1, 0.15) is 29.5 Å². The number of nitrogens with two attached hydrogens (primary N) is 1. The third-order valence-corrected chi connectivity index (χ3v) is 5.08. The van der Waals surface area contributed by atoms with E-state index < -0.39 is 0 Å². The van der Waals surface area contributed by atoms with Gasteiger partial charge in [0.2, 0.25) is 0 Å². The summed E-state index contributed by atoms with van der Waals surface area (Å²) in [4.78, 5) is 8.32. The van der Waals surface area contributed by atoms with Gasteiger partial charge in [-0.05, 0) is 55.9 Å². The molecule has 2 aromatic rings. The Balaban J connectivity index is 1.52. The van der Waals surface area contributed by atoms with Crippen molar-refractivity contribution in [2.24, 2.45) is 10.7 Å². The molecule has 23 heavy (non-hydrogen) atoms. The Morgan fingerprint density at radius 3 is 2.91 bits per heavy atom. The highest BCUT2D eigenvalue weighted by Crippen LogP contribution is 2.25. The average Bonchev–Trinajstić information content (AvgIpc) is 3.31. The smallest absolute Gasteiger partial charge is 0.188 e. The molecular weight excluding hydrogens is 308 g/mol. The highest BCUT2D eigenvalue weighted by Gasteiger charge is 2.25. The first kappa shape index (κ1) is 16.1. The maximum atomic E-state index is 6.01. The summed E-state index contributed by atoms with van der Waals surface area (Å²) in [5.41, 5.74) is 6.01. The van der Waals surface area contributed by atoms with Crippen LogP contribution >= 0.6 is 11.3 Å². The highest BCUT2D eigenvalue weighted by atomic mass is 32.1. The van der Waals surface area contributed by atoms with E-state index in [0.717, 1.165) is 31.8 Å². The molecule has 0 bridgehead atoms. The molecule has 1 unspecified atom stereocenters. The van der Waals surface area contributed by atoms with Gasteiger partial charge in [0, 0.05) is 11.4 Å². The summed E-state index contributed by atoms with van der Waals surface area (Å²) in [6.45, 7) is 3.65. The van der Waals surface area contributed by atoms with Crippen LogP contribution in [-0.4, -0.2) is 37.0 Å². The molecule has 0 amide bonds. The maximum Gasteiger partial charge on any atom is 0.188 e. The fourth-order valence-electron chi connectivity index (χ4n) is 2.93. The van der Waals surface area contributed by atoms with Gasteiger partial charge in [0.25, 0.3) is 0 Å². The minimum absolute atomic E-state index is 0.185. The van der Waals surface area contributed by atoms with E-state index in [9.17, 15) is 0 Å². The summed E-state index contributed by atoms with van der Waals surface area (Å²) in [7, 11) is 0. The van der Waals surface area contributed by atoms with E-state index in [1.807, 2.05) is 12.1 Å². The van der Waals surface area contributed by atoms with Gasteiger partial charge in [0.1, 0.15) is 5.76 Å². The van der Waals surface area contributed by atoms with Crippen molar-refractivity contribution in [3.8, 4) is 0 Å². The number of rotatable bonds is 7. The van der Waals surface area contributed by atoms with Crippen LogP contribution in [0.2, 0.25) is 0 Å². The van der Waals surface area contributed by atoms with E-state index >= 15 is 0 Å². The van der Waals surface area contributed by atoms with Crippen molar-refractivity contribution in [1.29, 1.82) is 0 Å². The maximum absolute atomic E-state index is 6.01. The Morgan fingerprint density at radius 2 is 2.22 bits per heavy atom. The predicted molar refractivity (Wildman–Crippen MR) is 94.8 cm³/mol. The summed E-state index contributed by atoms with van der Waals surface area (Å²) >= 11 is 1.77. The second-order valence-electron chi connectivity index (χ2n) is 5.76. The number of thiophene rings is 1. The molecule has 5 nitrogen and oxygen atoms in total. The van der Waals surface area contributed by atoms with Crippen molar-refractivity contribution in [2.45, 2.75) is 25.3 Å². The van der Waals surface area contributed by atoms with Crippen molar-refractivity contribution in [1.82, 2.24) is 10.2 Å². The molecule has 0 radical (unpaired) electrons. The van der Waals surface area contributed by atoms with E-state index in [1.165, 1.54) is 17.7 Å². The normalized spacial score (nSPS) is 17.5. The van der Waals surface area contributed by atoms with Crippen molar-refractivity contribution in [3.63, 3.8) is 0 Å². The largest absolute Gasteiger partial charge is 0.468 e. The highest BCUT2D eigenvalue weighted by molar-refractivity contribution is 7.09. The zero-order valence-electron chi connectivity index (χ0n) is 13.3. The summed E-state index contributed by atoms with van der Waals surface area (Å²) in [5.74, 6) is 1.49. The summed E-state index contributed by atoms with van der Waals surface area (Å²) in [5, 5.41) is 5.29. The fraction of sp³-hybridized carbons (Fsp3) is 0.471. The molecule has 3 heterocycles. The second kappa shape index (κ2) is 8.17. The third kappa shape index (κ3) is 4.59. The lowest BCUT2D eigenvalue weighted by Crippen LogP contribution is -2.35. The van der Waals surface area contributed by atoms with E-state index in [0.29, 0.717) is 12.5 Å². The minimum atomic E-state index is 0.185. The van der Waals surface area contributed by atoms with Gasteiger partial charge in [-0.2, -0.15) is 0 Å². The van der Waals surface area contributed by atoms with Crippen LogP contribution in [0.15, 0.2) is 45.3 Å². The van der Waals surface area contributed by atoms with Crippen LogP contribution in [-0.2, 0) is 6.42 Å². The van der Waals surface area contributed by atoms with Gasteiger partial charge < -0.3 is 15.5 Å². The Kier molecular flexibility index (Phi) is 5.71. The molecule has 2 aromatic heterocycles. The summed E-state index contributed by atoms with van der Waals surface area (Å²) in [6, 6.07) is 8.36. The Hall–Kier alpha value is -1.79. The molecule has 3 N–H and O–H groups in total. The third-order valence-electron chi connectivity index (χ3n) is 4.15. The van der Waals surface area contributed by atoms with Gasteiger partial charge in [0.05, 0.1) is 18.8 Å². The molecule has 1 atom stereocenters. The topological polar surface area (TPSA) is 66.8 Å². The summed E-state index contributed by atoms with van der Waals surface area (Å²) in [6.07, 6.45) is 5.19. The number of hydrogen-bond donors (Lipinski definition) is 2. The van der Waals surface area contributed by atoms with Gasteiger partial charge in [-0.1, -0.05) is 6.07 Å².